The van der Waals surface area contributed by atoms with Crippen LogP contribution in [0.3, 0.4) is 0 Å². The van der Waals surface area contributed by atoms with Gasteiger partial charge in [0.2, 0.25) is 6.79 Å². The van der Waals surface area contributed by atoms with Gasteiger partial charge in [0.05, 0.1) is 18.3 Å². The van der Waals surface area contributed by atoms with Gasteiger partial charge in [0.15, 0.2) is 17.5 Å². The second-order valence-corrected chi connectivity index (χ2v) is 7.74. The highest BCUT2D eigenvalue weighted by Gasteiger charge is 2.19. The van der Waals surface area contributed by atoms with Crippen LogP contribution in [0.1, 0.15) is 30.9 Å². The van der Waals surface area contributed by atoms with E-state index in [0.717, 1.165) is 29.2 Å². The van der Waals surface area contributed by atoms with Gasteiger partial charge in [0, 0.05) is 26.2 Å². The van der Waals surface area contributed by atoms with Crippen molar-refractivity contribution in [1.29, 1.82) is 0 Å². The van der Waals surface area contributed by atoms with Crippen LogP contribution >= 0.6 is 0 Å². The highest BCUT2D eigenvalue weighted by molar-refractivity contribution is 5.79. The van der Waals surface area contributed by atoms with E-state index in [4.69, 9.17) is 9.47 Å². The van der Waals surface area contributed by atoms with Crippen LogP contribution in [0, 0.1) is 5.82 Å². The molecule has 0 bridgehead atoms. The molecule has 0 unspecified atom stereocenters. The van der Waals surface area contributed by atoms with E-state index in [-0.39, 0.29) is 18.7 Å². The van der Waals surface area contributed by atoms with E-state index in [1.165, 1.54) is 0 Å². The number of aliphatic imine (C=N–C) groups is 1. The molecule has 7 nitrogen and oxygen atoms in total. The second kappa shape index (κ2) is 9.87. The van der Waals surface area contributed by atoms with E-state index < -0.39 is 0 Å². The Hall–Kier alpha value is -3.00. The zero-order valence-electron chi connectivity index (χ0n) is 17.7. The van der Waals surface area contributed by atoms with Gasteiger partial charge in [0.1, 0.15) is 5.82 Å². The summed E-state index contributed by atoms with van der Waals surface area (Å²) in [6, 6.07) is 11.1. The number of benzene rings is 2. The number of guanidine groups is 1. The molecular formula is C23H29FN4O3. The SMILES string of the molecule is CCNC(=NCc1ccc(N2CCC(O)CC2)c(F)c1)NCc1ccc2c(c1)OCO2. The standard InChI is InChI=1S/C23H29FN4O3/c1-2-25-23(27-14-17-4-6-21-22(12-17)31-15-30-21)26-13-16-3-5-20(19(24)11-16)28-9-7-18(29)8-10-28/h3-6,11-12,18,29H,2,7-10,13-15H2,1H3,(H2,25,26,27). The lowest BCUT2D eigenvalue weighted by molar-refractivity contribution is 0.145. The Bertz CT molecular complexity index is 929. The highest BCUT2D eigenvalue weighted by Crippen LogP contribution is 2.32. The summed E-state index contributed by atoms with van der Waals surface area (Å²) >= 11 is 0. The number of hydrogen-bond acceptors (Lipinski definition) is 5. The Morgan fingerprint density at radius 2 is 1.87 bits per heavy atom. The summed E-state index contributed by atoms with van der Waals surface area (Å²) in [6.07, 6.45) is 1.07. The summed E-state index contributed by atoms with van der Waals surface area (Å²) < 4.78 is 25.4. The van der Waals surface area contributed by atoms with Crippen LogP contribution in [0.25, 0.3) is 0 Å². The van der Waals surface area contributed by atoms with Crippen molar-refractivity contribution in [1.82, 2.24) is 10.6 Å². The largest absolute Gasteiger partial charge is 0.454 e. The molecule has 166 valence electrons. The molecule has 8 heteroatoms. The van der Waals surface area contributed by atoms with Gasteiger partial charge >= 0.3 is 0 Å². The van der Waals surface area contributed by atoms with Gasteiger partial charge in [-0.2, -0.15) is 0 Å². The third kappa shape index (κ3) is 5.38. The third-order valence-electron chi connectivity index (χ3n) is 5.48. The predicted molar refractivity (Wildman–Crippen MR) is 118 cm³/mol. The van der Waals surface area contributed by atoms with E-state index in [2.05, 4.69) is 15.6 Å². The van der Waals surface area contributed by atoms with Crippen LogP contribution < -0.4 is 25.0 Å². The molecule has 1 saturated heterocycles. The number of aliphatic hydroxyl groups excluding tert-OH is 1. The zero-order chi connectivity index (χ0) is 21.6. The van der Waals surface area contributed by atoms with Crippen molar-refractivity contribution in [2.24, 2.45) is 4.99 Å². The Labute approximate surface area is 181 Å². The van der Waals surface area contributed by atoms with Gasteiger partial charge in [-0.15, -0.1) is 0 Å². The third-order valence-corrected chi connectivity index (χ3v) is 5.48. The first-order valence-corrected chi connectivity index (χ1v) is 10.7. The maximum absolute atomic E-state index is 14.7. The summed E-state index contributed by atoms with van der Waals surface area (Å²) in [5.74, 6) is 1.92. The van der Waals surface area contributed by atoms with Crippen molar-refractivity contribution in [3.05, 3.63) is 53.3 Å². The molecule has 1 fully saturated rings. The van der Waals surface area contributed by atoms with Crippen molar-refractivity contribution in [3.8, 4) is 11.5 Å². The first kappa shape index (κ1) is 21.2. The minimum absolute atomic E-state index is 0.248. The van der Waals surface area contributed by atoms with E-state index in [1.807, 2.05) is 42.2 Å². The summed E-state index contributed by atoms with van der Waals surface area (Å²) in [5, 5.41) is 16.2. The van der Waals surface area contributed by atoms with Gasteiger partial charge in [-0.1, -0.05) is 12.1 Å². The molecule has 0 radical (unpaired) electrons. The average molecular weight is 429 g/mol. The highest BCUT2D eigenvalue weighted by atomic mass is 19.1. The first-order valence-electron chi connectivity index (χ1n) is 10.7. The molecule has 2 aromatic carbocycles. The van der Waals surface area contributed by atoms with Crippen LogP contribution in [0.5, 0.6) is 11.5 Å². The minimum Gasteiger partial charge on any atom is -0.454 e. The molecule has 2 aliphatic rings. The van der Waals surface area contributed by atoms with Gasteiger partial charge in [-0.3, -0.25) is 0 Å². The minimum atomic E-state index is -0.275. The molecule has 0 amide bonds. The molecule has 0 saturated carbocycles. The number of anilines is 1. The Balaban J connectivity index is 1.37. The summed E-state index contributed by atoms with van der Waals surface area (Å²) in [4.78, 5) is 6.58. The second-order valence-electron chi connectivity index (χ2n) is 7.74. The lowest BCUT2D eigenvalue weighted by atomic mass is 10.1. The van der Waals surface area contributed by atoms with Crippen molar-refractivity contribution in [2.45, 2.75) is 39.0 Å². The lowest BCUT2D eigenvalue weighted by Crippen LogP contribution is -2.36. The fourth-order valence-electron chi connectivity index (χ4n) is 3.76. The van der Waals surface area contributed by atoms with Crippen molar-refractivity contribution in [3.63, 3.8) is 0 Å². The summed E-state index contributed by atoms with van der Waals surface area (Å²) in [7, 11) is 0. The maximum Gasteiger partial charge on any atom is 0.231 e. The molecule has 0 spiro atoms. The zero-order valence-corrected chi connectivity index (χ0v) is 17.7. The van der Waals surface area contributed by atoms with Gasteiger partial charge in [0.25, 0.3) is 0 Å². The van der Waals surface area contributed by atoms with Crippen molar-refractivity contribution >= 4 is 11.6 Å². The van der Waals surface area contributed by atoms with Crippen LogP contribution in [-0.2, 0) is 13.1 Å². The van der Waals surface area contributed by atoms with E-state index in [9.17, 15) is 9.50 Å². The number of hydrogen-bond donors (Lipinski definition) is 3. The van der Waals surface area contributed by atoms with E-state index in [1.54, 1.807) is 6.07 Å². The first-order chi connectivity index (χ1) is 15.1. The van der Waals surface area contributed by atoms with Crippen molar-refractivity contribution < 1.29 is 19.0 Å². The number of halogens is 1. The van der Waals surface area contributed by atoms with Crippen LogP contribution in [-0.4, -0.2) is 43.6 Å². The molecule has 4 rings (SSSR count). The number of aliphatic hydroxyl groups is 1. The molecular weight excluding hydrogens is 399 g/mol. The summed E-state index contributed by atoms with van der Waals surface area (Å²) in [5.41, 5.74) is 2.45. The number of fused-ring (bicyclic) bond motifs is 1. The molecule has 3 N–H and O–H groups in total. The van der Waals surface area contributed by atoms with E-state index >= 15 is 0 Å². The van der Waals surface area contributed by atoms with Crippen LogP contribution in [0.2, 0.25) is 0 Å². The molecule has 0 aromatic heterocycles. The van der Waals surface area contributed by atoms with Crippen LogP contribution in [0.4, 0.5) is 10.1 Å². The molecule has 2 aromatic rings. The van der Waals surface area contributed by atoms with Gasteiger partial charge in [-0.05, 0) is 55.2 Å². The fourth-order valence-corrected chi connectivity index (χ4v) is 3.76. The Morgan fingerprint density at radius 3 is 2.65 bits per heavy atom. The normalized spacial score (nSPS) is 16.5. The Morgan fingerprint density at radius 1 is 1.10 bits per heavy atom. The number of nitrogens with zero attached hydrogens (tertiary/aromatic N) is 2. The quantitative estimate of drug-likeness (QED) is 0.485. The smallest absolute Gasteiger partial charge is 0.231 e. The number of rotatable bonds is 6. The number of ether oxygens (including phenoxy) is 2. The maximum atomic E-state index is 14.7. The lowest BCUT2D eigenvalue weighted by Gasteiger charge is -2.31. The van der Waals surface area contributed by atoms with Gasteiger partial charge < -0.3 is 30.1 Å². The number of piperidine rings is 1. The topological polar surface area (TPSA) is 78.4 Å². The molecule has 2 aliphatic heterocycles. The van der Waals surface area contributed by atoms with Gasteiger partial charge in [-0.25, -0.2) is 9.38 Å². The van der Waals surface area contributed by atoms with Crippen molar-refractivity contribution in [2.75, 3.05) is 31.3 Å². The summed E-state index contributed by atoms with van der Waals surface area (Å²) in [6.45, 7) is 5.27. The molecule has 2 heterocycles. The molecule has 31 heavy (non-hydrogen) atoms. The monoisotopic (exact) mass is 428 g/mol. The average Bonchev–Trinajstić information content (AvgIpc) is 3.24. The fraction of sp³-hybridized carbons (Fsp3) is 0.435. The van der Waals surface area contributed by atoms with Crippen LogP contribution in [0.15, 0.2) is 41.4 Å². The number of nitrogens with one attached hydrogen (secondary N) is 2. The molecule has 0 atom stereocenters. The Kier molecular flexibility index (Phi) is 6.76. The molecule has 0 aliphatic carbocycles. The predicted octanol–water partition coefficient (Wildman–Crippen LogP) is 2.77. The van der Waals surface area contributed by atoms with E-state index in [0.29, 0.717) is 50.7 Å².